The predicted molar refractivity (Wildman–Crippen MR) is 63.3 cm³/mol. The van der Waals surface area contributed by atoms with Gasteiger partial charge in [-0.2, -0.15) is 0 Å². The number of amides is 1. The molecule has 1 saturated heterocycles. The number of nitrogen functional groups attached to an aromatic ring is 1. The summed E-state index contributed by atoms with van der Waals surface area (Å²) in [5, 5.41) is 6.33. The minimum Gasteiger partial charge on any atom is -0.396 e. The van der Waals surface area contributed by atoms with Crippen molar-refractivity contribution >= 4 is 29.0 Å². The van der Waals surface area contributed by atoms with E-state index in [2.05, 4.69) is 15.6 Å². The van der Waals surface area contributed by atoms with Crippen LogP contribution in [0.2, 0.25) is 5.15 Å². The van der Waals surface area contributed by atoms with Gasteiger partial charge in [-0.3, -0.25) is 4.79 Å². The number of aromatic nitrogens is 1. The summed E-state index contributed by atoms with van der Waals surface area (Å²) in [6.45, 7) is 0.614. The van der Waals surface area contributed by atoms with E-state index in [9.17, 15) is 4.79 Å². The van der Waals surface area contributed by atoms with Crippen molar-refractivity contribution in [3.05, 3.63) is 17.3 Å². The van der Waals surface area contributed by atoms with Crippen molar-refractivity contribution in [3.63, 3.8) is 0 Å². The van der Waals surface area contributed by atoms with Crippen LogP contribution in [-0.4, -0.2) is 23.5 Å². The minimum atomic E-state index is 0.0961. The third-order valence-corrected chi connectivity index (χ3v) is 2.70. The number of carbonyl (C=O) groups is 1. The number of hydrogen-bond donors (Lipinski definition) is 3. The first kappa shape index (κ1) is 11.0. The number of halogens is 1. The van der Waals surface area contributed by atoms with Crippen LogP contribution in [0.3, 0.4) is 0 Å². The Balaban J connectivity index is 1.94. The lowest BCUT2D eigenvalue weighted by Gasteiger charge is -2.13. The van der Waals surface area contributed by atoms with E-state index in [1.54, 1.807) is 12.1 Å². The van der Waals surface area contributed by atoms with Gasteiger partial charge in [-0.1, -0.05) is 11.6 Å². The molecule has 2 heterocycles. The standard InChI is InChI=1S/C10H13ClN4O/c11-8-3-2-7(12)10(15-8)13-5-6-1-4-9(16)14-6/h2-3,6H,1,4-5,12H2,(H,13,15)(H,14,16). The first-order valence-electron chi connectivity index (χ1n) is 5.10. The number of hydrogen-bond acceptors (Lipinski definition) is 4. The third kappa shape index (κ3) is 2.55. The van der Waals surface area contributed by atoms with Gasteiger partial charge in [0.1, 0.15) is 5.15 Å². The average Bonchev–Trinajstić information content (AvgIpc) is 2.66. The number of nitrogens with one attached hydrogen (secondary N) is 2. The number of anilines is 2. The molecule has 1 aliphatic rings. The lowest BCUT2D eigenvalue weighted by molar-refractivity contribution is -0.119. The van der Waals surface area contributed by atoms with E-state index in [-0.39, 0.29) is 11.9 Å². The molecule has 0 saturated carbocycles. The number of nitrogens with two attached hydrogens (primary N) is 1. The maximum atomic E-state index is 11.0. The van der Waals surface area contributed by atoms with Crippen LogP contribution in [0.5, 0.6) is 0 Å². The smallest absolute Gasteiger partial charge is 0.220 e. The largest absolute Gasteiger partial charge is 0.396 e. The molecule has 0 bridgehead atoms. The van der Waals surface area contributed by atoms with Crippen molar-refractivity contribution in [2.75, 3.05) is 17.6 Å². The van der Waals surface area contributed by atoms with Crippen LogP contribution in [0.25, 0.3) is 0 Å². The van der Waals surface area contributed by atoms with Crippen molar-refractivity contribution in [3.8, 4) is 0 Å². The van der Waals surface area contributed by atoms with Crippen LogP contribution in [0, 0.1) is 0 Å². The molecule has 0 radical (unpaired) electrons. The minimum absolute atomic E-state index is 0.0961. The van der Waals surface area contributed by atoms with Gasteiger partial charge in [0, 0.05) is 19.0 Å². The molecule has 6 heteroatoms. The molecule has 1 atom stereocenters. The van der Waals surface area contributed by atoms with Crippen LogP contribution < -0.4 is 16.4 Å². The Labute approximate surface area is 98.4 Å². The molecular weight excluding hydrogens is 228 g/mol. The van der Waals surface area contributed by atoms with Crippen LogP contribution in [0.4, 0.5) is 11.5 Å². The highest BCUT2D eigenvalue weighted by Crippen LogP contribution is 2.18. The van der Waals surface area contributed by atoms with E-state index >= 15 is 0 Å². The van der Waals surface area contributed by atoms with Gasteiger partial charge in [0.25, 0.3) is 0 Å². The Bertz CT molecular complexity index is 410. The van der Waals surface area contributed by atoms with E-state index in [4.69, 9.17) is 17.3 Å². The second-order valence-corrected chi connectivity index (χ2v) is 4.14. The maximum Gasteiger partial charge on any atom is 0.220 e. The topological polar surface area (TPSA) is 80.0 Å². The van der Waals surface area contributed by atoms with Crippen molar-refractivity contribution in [1.82, 2.24) is 10.3 Å². The molecule has 1 aromatic heterocycles. The van der Waals surface area contributed by atoms with Crippen LogP contribution >= 0.6 is 11.6 Å². The average molecular weight is 241 g/mol. The summed E-state index contributed by atoms with van der Waals surface area (Å²) in [5.74, 6) is 0.660. The van der Waals surface area contributed by atoms with Crippen LogP contribution in [0.15, 0.2) is 12.1 Å². The predicted octanol–water partition coefficient (Wildman–Crippen LogP) is 1.01. The van der Waals surface area contributed by atoms with Gasteiger partial charge < -0.3 is 16.4 Å². The molecule has 0 aromatic carbocycles. The molecule has 16 heavy (non-hydrogen) atoms. The summed E-state index contributed by atoms with van der Waals surface area (Å²) < 4.78 is 0. The zero-order chi connectivity index (χ0) is 11.5. The number of carbonyl (C=O) groups excluding carboxylic acids is 1. The molecule has 1 fully saturated rings. The Morgan fingerprint density at radius 3 is 3.12 bits per heavy atom. The van der Waals surface area contributed by atoms with Gasteiger partial charge in [0.15, 0.2) is 5.82 Å². The third-order valence-electron chi connectivity index (χ3n) is 2.49. The maximum absolute atomic E-state index is 11.0. The molecule has 4 N–H and O–H groups in total. The van der Waals surface area contributed by atoms with E-state index in [0.717, 1.165) is 6.42 Å². The summed E-state index contributed by atoms with van der Waals surface area (Å²) in [6, 6.07) is 3.48. The number of nitrogens with zero attached hydrogens (tertiary/aromatic N) is 1. The van der Waals surface area contributed by atoms with Crippen LogP contribution in [-0.2, 0) is 4.79 Å². The molecule has 1 aromatic rings. The molecule has 1 unspecified atom stereocenters. The van der Waals surface area contributed by atoms with E-state index in [1.807, 2.05) is 0 Å². The molecule has 1 amide bonds. The van der Waals surface area contributed by atoms with Gasteiger partial charge in [-0.25, -0.2) is 4.98 Å². The molecular formula is C10H13ClN4O. The molecule has 86 valence electrons. The van der Waals surface area contributed by atoms with Gasteiger partial charge in [0.05, 0.1) is 5.69 Å². The Morgan fingerprint density at radius 2 is 2.44 bits per heavy atom. The number of rotatable bonds is 3. The molecule has 5 nitrogen and oxygen atoms in total. The molecule has 1 aliphatic heterocycles. The van der Waals surface area contributed by atoms with Gasteiger partial charge in [-0.15, -0.1) is 0 Å². The summed E-state index contributed by atoms with van der Waals surface area (Å²) in [7, 11) is 0. The Hall–Kier alpha value is -1.49. The number of pyridine rings is 1. The zero-order valence-corrected chi connectivity index (χ0v) is 9.42. The fourth-order valence-electron chi connectivity index (χ4n) is 1.64. The second-order valence-electron chi connectivity index (χ2n) is 3.76. The summed E-state index contributed by atoms with van der Waals surface area (Å²) in [6.07, 6.45) is 1.43. The second kappa shape index (κ2) is 4.57. The van der Waals surface area contributed by atoms with Crippen LogP contribution in [0.1, 0.15) is 12.8 Å². The van der Waals surface area contributed by atoms with E-state index < -0.39 is 0 Å². The lowest BCUT2D eigenvalue weighted by Crippen LogP contribution is -2.32. The highest BCUT2D eigenvalue weighted by Gasteiger charge is 2.20. The molecule has 0 aliphatic carbocycles. The molecule has 0 spiro atoms. The van der Waals surface area contributed by atoms with Crippen molar-refractivity contribution in [2.24, 2.45) is 0 Å². The first-order chi connectivity index (χ1) is 7.65. The van der Waals surface area contributed by atoms with Gasteiger partial charge in [-0.05, 0) is 18.6 Å². The fraction of sp³-hybridized carbons (Fsp3) is 0.400. The van der Waals surface area contributed by atoms with Crippen molar-refractivity contribution < 1.29 is 4.79 Å². The van der Waals surface area contributed by atoms with Gasteiger partial charge >= 0.3 is 0 Å². The Kier molecular flexibility index (Phi) is 3.14. The van der Waals surface area contributed by atoms with E-state index in [0.29, 0.717) is 29.6 Å². The summed E-state index contributed by atoms with van der Waals surface area (Å²) >= 11 is 5.76. The monoisotopic (exact) mass is 240 g/mol. The SMILES string of the molecule is Nc1ccc(Cl)nc1NCC1CCC(=O)N1. The normalized spacial score (nSPS) is 19.6. The fourth-order valence-corrected chi connectivity index (χ4v) is 1.79. The van der Waals surface area contributed by atoms with E-state index in [1.165, 1.54) is 0 Å². The quantitative estimate of drug-likeness (QED) is 0.689. The first-order valence-corrected chi connectivity index (χ1v) is 5.48. The van der Waals surface area contributed by atoms with Crippen molar-refractivity contribution in [2.45, 2.75) is 18.9 Å². The van der Waals surface area contributed by atoms with Gasteiger partial charge in [0.2, 0.25) is 5.91 Å². The lowest BCUT2D eigenvalue weighted by atomic mass is 10.2. The van der Waals surface area contributed by atoms with Crippen molar-refractivity contribution in [1.29, 1.82) is 0 Å². The molecule has 2 rings (SSSR count). The highest BCUT2D eigenvalue weighted by molar-refractivity contribution is 6.29. The summed E-state index contributed by atoms with van der Waals surface area (Å²) in [4.78, 5) is 15.1. The highest BCUT2D eigenvalue weighted by atomic mass is 35.5. The Morgan fingerprint density at radius 1 is 1.62 bits per heavy atom. The summed E-state index contributed by atoms with van der Waals surface area (Å²) in [5.41, 5.74) is 6.28. The zero-order valence-electron chi connectivity index (χ0n) is 8.66.